The van der Waals surface area contributed by atoms with Gasteiger partial charge in [0.25, 0.3) is 0 Å². The Balaban J connectivity index is 1.50. The van der Waals surface area contributed by atoms with Crippen molar-refractivity contribution in [1.29, 1.82) is 0 Å². The molecule has 25 heteroatoms. The molecule has 4 rings (SSSR count). The molecule has 25 nitrogen and oxygen atoms in total. The van der Waals surface area contributed by atoms with Crippen LogP contribution in [-0.4, -0.2) is 208 Å². The fourth-order valence-corrected chi connectivity index (χ4v) is 11.0. The number of rotatable bonds is 30. The Morgan fingerprint density at radius 3 is 2.00 bits per heavy atom. The number of nitrogens with zero attached hydrogens (tertiary/aromatic N) is 3. The number of nitrogens with two attached hydrogens (primary N) is 1. The number of nitrogens with one attached hydrogen (secondary N) is 4. The van der Waals surface area contributed by atoms with Crippen molar-refractivity contribution in [2.75, 3.05) is 46.8 Å². The van der Waals surface area contributed by atoms with Crippen molar-refractivity contribution >= 4 is 47.2 Å². The van der Waals surface area contributed by atoms with Gasteiger partial charge in [0.2, 0.25) is 41.7 Å². The van der Waals surface area contributed by atoms with Gasteiger partial charge in [0.15, 0.2) is 0 Å². The highest BCUT2D eigenvalue weighted by atomic mass is 16.7. The minimum absolute atomic E-state index is 0.0133. The Labute approximate surface area is 506 Å². The number of ether oxygens (including phenoxy) is 5. The van der Waals surface area contributed by atoms with Gasteiger partial charge >= 0.3 is 6.09 Å². The summed E-state index contributed by atoms with van der Waals surface area (Å²) >= 11 is 0. The van der Waals surface area contributed by atoms with Crippen LogP contribution in [0.25, 0.3) is 0 Å². The molecule has 2 saturated heterocycles. The third-order valence-electron chi connectivity index (χ3n) is 16.6. The molecule has 0 saturated carbocycles. The molecular weight excluding hydrogens is 1120 g/mol. The van der Waals surface area contributed by atoms with Crippen LogP contribution in [0.4, 0.5) is 10.5 Å². The average Bonchev–Trinajstić information content (AvgIpc) is 3.45. The molecule has 2 fully saturated rings. The summed E-state index contributed by atoms with van der Waals surface area (Å²) in [6.07, 6.45) is -10.00. The van der Waals surface area contributed by atoms with Gasteiger partial charge in [-0.25, -0.2) is 4.79 Å². The van der Waals surface area contributed by atoms with E-state index in [1.807, 2.05) is 32.0 Å². The first-order valence-electron chi connectivity index (χ1n) is 29.8. The van der Waals surface area contributed by atoms with Crippen LogP contribution in [0.2, 0.25) is 0 Å². The second kappa shape index (κ2) is 33.4. The van der Waals surface area contributed by atoms with Crippen molar-refractivity contribution in [1.82, 2.24) is 30.7 Å². The number of amides is 7. The molecule has 2 aliphatic rings. The maximum atomic E-state index is 14.8. The zero-order chi connectivity index (χ0) is 64.6. The number of likely N-dealkylation sites (tertiary alicyclic amines) is 1. The molecule has 484 valence electrons. The first-order valence-corrected chi connectivity index (χ1v) is 29.8. The van der Waals surface area contributed by atoms with Gasteiger partial charge in [-0.05, 0) is 73.6 Å². The third kappa shape index (κ3) is 18.5. The maximum Gasteiger partial charge on any atom is 0.410 e. The summed E-state index contributed by atoms with van der Waals surface area (Å²) in [4.78, 5) is 102. The number of hydrogen-bond donors (Lipinski definition) is 10. The Bertz CT molecular complexity index is 2540. The number of likely N-dealkylation sites (N-methyl/N-ethyl adjacent to an activating group) is 2. The molecule has 2 aromatic carbocycles. The van der Waals surface area contributed by atoms with Gasteiger partial charge in [-0.3, -0.25) is 33.7 Å². The van der Waals surface area contributed by atoms with E-state index >= 15 is 0 Å². The Morgan fingerprint density at radius 2 is 1.43 bits per heavy atom. The van der Waals surface area contributed by atoms with Gasteiger partial charge < -0.3 is 86.0 Å². The van der Waals surface area contributed by atoms with Crippen LogP contribution in [0, 0.1) is 29.6 Å². The van der Waals surface area contributed by atoms with Crippen molar-refractivity contribution < 1.29 is 82.8 Å². The quantitative estimate of drug-likeness (QED) is 0.0536. The largest absolute Gasteiger partial charge is 0.460 e. The summed E-state index contributed by atoms with van der Waals surface area (Å²) in [6.45, 7) is 18.5. The Hall–Kier alpha value is -6.03. The number of anilines is 1. The molecule has 0 aliphatic carbocycles. The molecule has 0 bridgehead atoms. The number of aliphatic hydroxyl groups excluding tert-OH is 5. The minimum atomic E-state index is -1.84. The highest BCUT2D eigenvalue weighted by Gasteiger charge is 2.46. The zero-order valence-corrected chi connectivity index (χ0v) is 52.7. The van der Waals surface area contributed by atoms with E-state index in [-0.39, 0.29) is 47.1 Å². The summed E-state index contributed by atoms with van der Waals surface area (Å²) in [5, 5.41) is 63.5. The van der Waals surface area contributed by atoms with E-state index in [0.717, 1.165) is 4.90 Å². The lowest BCUT2D eigenvalue weighted by molar-refractivity contribution is -0.277. The number of hydrogen-bond acceptors (Lipinski definition) is 18. The lowest BCUT2D eigenvalue weighted by Crippen LogP contribution is -2.60. The molecule has 2 heterocycles. The van der Waals surface area contributed by atoms with E-state index < -0.39 is 152 Å². The van der Waals surface area contributed by atoms with E-state index in [1.54, 1.807) is 79.5 Å². The van der Waals surface area contributed by atoms with E-state index in [1.165, 1.54) is 51.3 Å². The van der Waals surface area contributed by atoms with E-state index in [2.05, 4.69) is 21.3 Å². The number of carbonyl (C=O) groups excluding carboxylic acids is 7. The van der Waals surface area contributed by atoms with Crippen molar-refractivity contribution in [3.8, 4) is 5.75 Å². The summed E-state index contributed by atoms with van der Waals surface area (Å²) in [6, 6.07) is 7.25. The zero-order valence-electron chi connectivity index (χ0n) is 52.7. The van der Waals surface area contributed by atoms with Crippen molar-refractivity contribution in [2.45, 2.75) is 200 Å². The summed E-state index contributed by atoms with van der Waals surface area (Å²) in [5.74, 6) is -5.22. The van der Waals surface area contributed by atoms with Gasteiger partial charge in [-0.2, -0.15) is 0 Å². The van der Waals surface area contributed by atoms with Crippen LogP contribution in [0.5, 0.6) is 5.75 Å². The first-order chi connectivity index (χ1) is 40.4. The predicted octanol–water partition coefficient (Wildman–Crippen LogP) is 2.18. The standard InChI is InChI=1S/C61H98N8O17/c1-16-34(8)49(43(82-14)28-45(71)69-26-20-23-41(69)54(83-15)35(9)55(76)63-36(10)50(72)39-21-18-17-19-22-39)67(12)59(80)47(32(4)5)66-58(79)48(33(6)7)68(13)61(81)84-30-38-24-25-40(65-56(77)37(11)64-57(78)46(62)31(2)3)42(27-38)85-60-53(75)52(74)51(73)44(29-70)86-60/h17-19,21-22,24-25,27,31-37,41,43-44,46-54,60,70,72-75H,16,20,23,26,28-30,62H2,1-15H3,(H,63,76)(H,64,78)(H,65,77)(H,66,79)/t34-,35+,36+,37-,41-,43+,44+,46-,47-,48-,49-,50+,51+,52-,53+,54+,60+/m0/s1. The monoisotopic (exact) mass is 1210 g/mol. The first kappa shape index (κ1) is 72.4. The fraction of sp³-hybridized carbons (Fsp3) is 0.689. The third-order valence-corrected chi connectivity index (χ3v) is 16.6. The molecule has 0 spiro atoms. The molecular formula is C61H98N8O17. The molecule has 11 N–H and O–H groups in total. The SMILES string of the molecule is CC[C@H](C)[C@@H]([C@@H](CC(=O)N1CCC[C@H]1[C@H](OC)[C@@H](C)C(=O)N[C@H](C)[C@@H](O)c1ccccc1)OC)N(C)C(=O)[C@@H](NC(=O)[C@H](C(C)C)N(C)C(=O)OCc1ccc(NC(=O)[C@H](C)NC(=O)[C@@H](N)C(C)C)c(O[C@@H]2O[C@H](CO)[C@@H](O)[C@H](O)[C@H]2O)c1)C(C)C. The average molecular weight is 1220 g/mol. The molecule has 0 radical (unpaired) electrons. The molecule has 86 heavy (non-hydrogen) atoms. The van der Waals surface area contributed by atoms with Gasteiger partial charge in [-0.15, -0.1) is 0 Å². The van der Waals surface area contributed by atoms with Crippen LogP contribution < -0.4 is 31.7 Å². The smallest absolute Gasteiger partial charge is 0.410 e. The molecule has 0 unspecified atom stereocenters. The van der Waals surface area contributed by atoms with Crippen LogP contribution in [-0.2, 0) is 54.3 Å². The second-order valence-electron chi connectivity index (χ2n) is 24.0. The lowest BCUT2D eigenvalue weighted by Gasteiger charge is -2.41. The molecule has 0 aromatic heterocycles. The fourth-order valence-electron chi connectivity index (χ4n) is 11.0. The highest BCUT2D eigenvalue weighted by molar-refractivity contribution is 5.98. The van der Waals surface area contributed by atoms with Crippen molar-refractivity contribution in [3.05, 3.63) is 59.7 Å². The van der Waals surface area contributed by atoms with Crippen molar-refractivity contribution in [3.63, 3.8) is 0 Å². The Morgan fingerprint density at radius 1 is 0.779 bits per heavy atom. The number of benzene rings is 2. The number of aliphatic hydroxyl groups is 5. The van der Waals surface area contributed by atoms with E-state index in [0.29, 0.717) is 31.4 Å². The van der Waals surface area contributed by atoms with Crippen LogP contribution in [0.3, 0.4) is 0 Å². The Kier molecular flexibility index (Phi) is 28.1. The minimum Gasteiger partial charge on any atom is -0.460 e. The topological polar surface area (TPSA) is 351 Å². The second-order valence-corrected chi connectivity index (χ2v) is 24.0. The lowest BCUT2D eigenvalue weighted by atomic mass is 9.89. The summed E-state index contributed by atoms with van der Waals surface area (Å²) < 4.78 is 29.3. The van der Waals surface area contributed by atoms with Crippen LogP contribution >= 0.6 is 0 Å². The van der Waals surface area contributed by atoms with E-state index in [9.17, 15) is 59.1 Å². The van der Waals surface area contributed by atoms with Gasteiger partial charge in [0, 0.05) is 34.9 Å². The molecule has 7 amide bonds. The predicted molar refractivity (Wildman–Crippen MR) is 318 cm³/mol. The molecule has 17 atom stereocenters. The number of carbonyl (C=O) groups is 7. The number of methoxy groups -OCH3 is 2. The van der Waals surface area contributed by atoms with Gasteiger partial charge in [0.05, 0.1) is 67.1 Å². The molecule has 2 aromatic rings. The maximum absolute atomic E-state index is 14.8. The molecule has 2 aliphatic heterocycles. The normalized spacial score (nSPS) is 22.7. The van der Waals surface area contributed by atoms with E-state index in [4.69, 9.17) is 29.4 Å². The van der Waals surface area contributed by atoms with Crippen LogP contribution in [0.15, 0.2) is 48.5 Å². The summed E-state index contributed by atoms with van der Waals surface area (Å²) in [7, 11) is 5.97. The van der Waals surface area contributed by atoms with Crippen molar-refractivity contribution in [2.24, 2.45) is 35.3 Å². The van der Waals surface area contributed by atoms with Gasteiger partial charge in [0.1, 0.15) is 54.9 Å². The summed E-state index contributed by atoms with van der Waals surface area (Å²) in [5.41, 5.74) is 6.88. The highest BCUT2D eigenvalue weighted by Crippen LogP contribution is 2.33. The van der Waals surface area contributed by atoms with Crippen LogP contribution in [0.1, 0.15) is 119 Å². The van der Waals surface area contributed by atoms with Gasteiger partial charge in [-0.1, -0.05) is 105 Å².